The predicted molar refractivity (Wildman–Crippen MR) is 133 cm³/mol. The van der Waals surface area contributed by atoms with Gasteiger partial charge in [0.15, 0.2) is 5.96 Å². The van der Waals surface area contributed by atoms with E-state index in [9.17, 15) is 4.79 Å². The number of aliphatic imine (C=N–C) groups is 1. The number of carbonyl (C=O) groups excluding carboxylic acids is 1. The molecule has 0 radical (unpaired) electrons. The van der Waals surface area contributed by atoms with Crippen molar-refractivity contribution in [3.8, 4) is 0 Å². The molecule has 0 bridgehead atoms. The summed E-state index contributed by atoms with van der Waals surface area (Å²) in [4.78, 5) is 18.7. The second-order valence-electron chi connectivity index (χ2n) is 7.39. The number of rotatable bonds is 6. The third kappa shape index (κ3) is 7.28. The number of hydrogen-bond donors (Lipinski definition) is 3. The van der Waals surface area contributed by atoms with E-state index in [4.69, 9.17) is 0 Å². The second kappa shape index (κ2) is 12.5. The van der Waals surface area contributed by atoms with Crippen molar-refractivity contribution < 1.29 is 4.79 Å². The van der Waals surface area contributed by atoms with Crippen LogP contribution in [0.3, 0.4) is 0 Å². The van der Waals surface area contributed by atoms with Gasteiger partial charge in [-0.2, -0.15) is 0 Å². The van der Waals surface area contributed by atoms with E-state index in [2.05, 4.69) is 56.2 Å². The highest BCUT2D eigenvalue weighted by Gasteiger charge is 2.20. The molecule has 0 saturated carbocycles. The van der Waals surface area contributed by atoms with Crippen molar-refractivity contribution in [2.75, 3.05) is 27.2 Å². The number of nitrogens with zero attached hydrogens (tertiary/aromatic N) is 2. The van der Waals surface area contributed by atoms with Gasteiger partial charge in [0.05, 0.1) is 0 Å². The van der Waals surface area contributed by atoms with Crippen molar-refractivity contribution >= 4 is 35.8 Å². The summed E-state index contributed by atoms with van der Waals surface area (Å²) in [5.41, 5.74) is 3.09. The lowest BCUT2D eigenvalue weighted by atomic mass is 10.0. The van der Waals surface area contributed by atoms with Crippen LogP contribution >= 0.6 is 24.0 Å². The summed E-state index contributed by atoms with van der Waals surface area (Å²) < 4.78 is 0. The fourth-order valence-electron chi connectivity index (χ4n) is 3.62. The molecule has 0 aliphatic carbocycles. The largest absolute Gasteiger partial charge is 0.355 e. The Morgan fingerprint density at radius 3 is 2.43 bits per heavy atom. The van der Waals surface area contributed by atoms with Gasteiger partial charge in [0, 0.05) is 51.9 Å². The number of nitrogens with one attached hydrogen (secondary N) is 3. The Morgan fingerprint density at radius 2 is 1.77 bits per heavy atom. The Balaban J connectivity index is 0.00000320. The fourth-order valence-corrected chi connectivity index (χ4v) is 3.62. The van der Waals surface area contributed by atoms with E-state index in [1.807, 2.05) is 24.3 Å². The first-order chi connectivity index (χ1) is 14.2. The van der Waals surface area contributed by atoms with E-state index in [0.717, 1.165) is 44.0 Å². The molecule has 3 rings (SSSR count). The van der Waals surface area contributed by atoms with Gasteiger partial charge >= 0.3 is 0 Å². The van der Waals surface area contributed by atoms with Gasteiger partial charge in [0.1, 0.15) is 0 Å². The van der Waals surface area contributed by atoms with Gasteiger partial charge in [-0.25, -0.2) is 0 Å². The molecule has 0 unspecified atom stereocenters. The molecule has 0 spiro atoms. The molecule has 2 aromatic carbocycles. The zero-order valence-electron chi connectivity index (χ0n) is 17.7. The summed E-state index contributed by atoms with van der Waals surface area (Å²) in [5, 5.41) is 9.56. The Labute approximate surface area is 196 Å². The van der Waals surface area contributed by atoms with Crippen LogP contribution in [0.15, 0.2) is 59.6 Å². The highest BCUT2D eigenvalue weighted by Crippen LogP contribution is 2.14. The monoisotopic (exact) mass is 521 g/mol. The van der Waals surface area contributed by atoms with Gasteiger partial charge in [-0.3, -0.25) is 14.7 Å². The van der Waals surface area contributed by atoms with Crippen molar-refractivity contribution in [1.29, 1.82) is 0 Å². The van der Waals surface area contributed by atoms with Gasteiger partial charge in [-0.15, -0.1) is 24.0 Å². The van der Waals surface area contributed by atoms with Crippen LogP contribution < -0.4 is 16.0 Å². The Bertz CT molecular complexity index is 819. The number of likely N-dealkylation sites (tertiary alicyclic amines) is 1. The van der Waals surface area contributed by atoms with Crippen molar-refractivity contribution in [2.45, 2.75) is 32.0 Å². The number of hydrogen-bond acceptors (Lipinski definition) is 3. The van der Waals surface area contributed by atoms with E-state index in [0.29, 0.717) is 18.2 Å². The van der Waals surface area contributed by atoms with Crippen molar-refractivity contribution in [3.05, 3.63) is 71.3 Å². The summed E-state index contributed by atoms with van der Waals surface area (Å²) in [6, 6.07) is 18.7. The molecule has 162 valence electrons. The molecule has 1 fully saturated rings. The highest BCUT2D eigenvalue weighted by atomic mass is 127. The molecule has 1 aliphatic heterocycles. The molecule has 1 amide bonds. The number of carbonyl (C=O) groups is 1. The van der Waals surface area contributed by atoms with Crippen LogP contribution in [-0.2, 0) is 13.1 Å². The maximum atomic E-state index is 11.8. The molecule has 2 aromatic rings. The van der Waals surface area contributed by atoms with Crippen LogP contribution in [0.2, 0.25) is 0 Å². The summed E-state index contributed by atoms with van der Waals surface area (Å²) in [6.07, 6.45) is 2.19. The van der Waals surface area contributed by atoms with Crippen molar-refractivity contribution in [2.24, 2.45) is 4.99 Å². The highest BCUT2D eigenvalue weighted by molar-refractivity contribution is 14.0. The lowest BCUT2D eigenvalue weighted by Gasteiger charge is -2.33. The molecule has 3 N–H and O–H groups in total. The van der Waals surface area contributed by atoms with E-state index < -0.39 is 0 Å². The van der Waals surface area contributed by atoms with Gasteiger partial charge < -0.3 is 16.0 Å². The normalized spacial score (nSPS) is 15.2. The molecule has 30 heavy (non-hydrogen) atoms. The van der Waals surface area contributed by atoms with Gasteiger partial charge in [0.2, 0.25) is 0 Å². The first-order valence-corrected chi connectivity index (χ1v) is 10.2. The average molecular weight is 521 g/mol. The first kappa shape index (κ1) is 24.1. The van der Waals surface area contributed by atoms with Gasteiger partial charge in [-0.05, 0) is 36.1 Å². The molecule has 6 nitrogen and oxygen atoms in total. The topological polar surface area (TPSA) is 68.8 Å². The molecule has 1 saturated heterocycles. The quantitative estimate of drug-likeness (QED) is 0.311. The zero-order valence-corrected chi connectivity index (χ0v) is 20.1. The van der Waals surface area contributed by atoms with E-state index in [1.165, 1.54) is 5.56 Å². The number of piperidine rings is 1. The maximum absolute atomic E-state index is 11.8. The first-order valence-electron chi connectivity index (χ1n) is 10.2. The number of halogens is 1. The van der Waals surface area contributed by atoms with Crippen LogP contribution in [0.5, 0.6) is 0 Å². The number of guanidine groups is 1. The molecule has 0 aromatic heterocycles. The van der Waals surface area contributed by atoms with Gasteiger partial charge in [0.25, 0.3) is 5.91 Å². The Hall–Kier alpha value is -2.13. The molecule has 0 atom stereocenters. The summed E-state index contributed by atoms with van der Waals surface area (Å²) in [6.45, 7) is 3.80. The van der Waals surface area contributed by atoms with Crippen LogP contribution in [0.4, 0.5) is 0 Å². The summed E-state index contributed by atoms with van der Waals surface area (Å²) in [7, 11) is 3.44. The van der Waals surface area contributed by atoms with E-state index >= 15 is 0 Å². The minimum absolute atomic E-state index is 0. The van der Waals surface area contributed by atoms with E-state index in [1.54, 1.807) is 14.1 Å². The third-order valence-corrected chi connectivity index (χ3v) is 5.28. The second-order valence-corrected chi connectivity index (χ2v) is 7.39. The molecule has 1 aliphatic rings. The van der Waals surface area contributed by atoms with E-state index in [-0.39, 0.29) is 29.9 Å². The number of amides is 1. The Kier molecular flexibility index (Phi) is 10.1. The molecular formula is C23H32IN5O. The lowest BCUT2D eigenvalue weighted by Crippen LogP contribution is -2.48. The smallest absolute Gasteiger partial charge is 0.251 e. The summed E-state index contributed by atoms with van der Waals surface area (Å²) in [5.74, 6) is 0.730. The minimum atomic E-state index is -0.0726. The zero-order chi connectivity index (χ0) is 20.5. The van der Waals surface area contributed by atoms with Gasteiger partial charge in [-0.1, -0.05) is 42.5 Å². The standard InChI is InChI=1S/C23H31N5O.HI/c1-24-22(29)20-10-6-9-19(15-20)16-26-23(25-2)27-21-11-13-28(14-12-21)17-18-7-4-3-5-8-18;/h3-10,15,21H,11-14,16-17H2,1-2H3,(H,24,29)(H2,25,26,27);1H. The molecule has 1 heterocycles. The predicted octanol–water partition coefficient (Wildman–Crippen LogP) is 2.99. The third-order valence-electron chi connectivity index (χ3n) is 5.28. The molecule has 7 heteroatoms. The molecular weight excluding hydrogens is 489 g/mol. The average Bonchev–Trinajstić information content (AvgIpc) is 2.78. The Morgan fingerprint density at radius 1 is 1.07 bits per heavy atom. The van der Waals surface area contributed by atoms with Crippen molar-refractivity contribution in [3.63, 3.8) is 0 Å². The minimum Gasteiger partial charge on any atom is -0.355 e. The van der Waals surface area contributed by atoms with Crippen LogP contribution in [-0.4, -0.2) is 50.0 Å². The van der Waals surface area contributed by atoms with Crippen LogP contribution in [0, 0.1) is 0 Å². The lowest BCUT2D eigenvalue weighted by molar-refractivity contribution is 0.0963. The van der Waals surface area contributed by atoms with Crippen LogP contribution in [0.1, 0.15) is 34.3 Å². The summed E-state index contributed by atoms with van der Waals surface area (Å²) >= 11 is 0. The van der Waals surface area contributed by atoms with Crippen molar-refractivity contribution in [1.82, 2.24) is 20.9 Å². The van der Waals surface area contributed by atoms with Crippen LogP contribution in [0.25, 0.3) is 0 Å². The number of benzene rings is 2. The fraction of sp³-hybridized carbons (Fsp3) is 0.391. The maximum Gasteiger partial charge on any atom is 0.251 e. The SMILES string of the molecule is CN=C(NCc1cccc(C(=O)NC)c1)NC1CCN(Cc2ccccc2)CC1.I.